The Labute approximate surface area is 155 Å². The predicted molar refractivity (Wildman–Crippen MR) is 100 cm³/mol. The van der Waals surface area contributed by atoms with Crippen molar-refractivity contribution in [1.29, 1.82) is 0 Å². The van der Waals surface area contributed by atoms with Crippen molar-refractivity contribution in [3.8, 4) is 0 Å². The van der Waals surface area contributed by atoms with Crippen molar-refractivity contribution < 1.29 is 14.7 Å². The smallest absolute Gasteiger partial charge is 0.308 e. The number of likely N-dealkylation sites (tertiary alicyclic amines) is 1. The normalized spacial score (nSPS) is 25.2. The van der Waals surface area contributed by atoms with Crippen molar-refractivity contribution in [3.63, 3.8) is 0 Å². The monoisotopic (exact) mass is 359 g/mol. The van der Waals surface area contributed by atoms with Gasteiger partial charge in [0.25, 0.3) is 0 Å². The van der Waals surface area contributed by atoms with Gasteiger partial charge in [0.2, 0.25) is 5.91 Å². The van der Waals surface area contributed by atoms with Gasteiger partial charge in [0, 0.05) is 45.1 Å². The first kappa shape index (κ1) is 18.9. The van der Waals surface area contributed by atoms with Crippen LogP contribution in [-0.2, 0) is 9.59 Å². The molecule has 2 heterocycles. The highest BCUT2D eigenvalue weighted by molar-refractivity contribution is 5.79. The van der Waals surface area contributed by atoms with Crippen molar-refractivity contribution in [2.45, 2.75) is 18.8 Å². The van der Waals surface area contributed by atoms with E-state index in [2.05, 4.69) is 16.8 Å². The Hall–Kier alpha value is -1.92. The number of likely N-dealkylation sites (N-methyl/N-ethyl adjacent to an activating group) is 1. The molecule has 0 saturated carbocycles. The lowest BCUT2D eigenvalue weighted by Gasteiger charge is -2.22. The van der Waals surface area contributed by atoms with Gasteiger partial charge in [0.15, 0.2) is 0 Å². The first-order valence-corrected chi connectivity index (χ1v) is 9.51. The van der Waals surface area contributed by atoms with Crippen LogP contribution in [0.5, 0.6) is 0 Å². The van der Waals surface area contributed by atoms with E-state index in [1.807, 2.05) is 30.3 Å². The number of aliphatic carboxylic acids is 1. The van der Waals surface area contributed by atoms with Crippen LogP contribution in [0.4, 0.5) is 0 Å². The summed E-state index contributed by atoms with van der Waals surface area (Å²) in [4.78, 5) is 30.8. The van der Waals surface area contributed by atoms with Gasteiger partial charge < -0.3 is 19.8 Å². The van der Waals surface area contributed by atoms with Gasteiger partial charge in [-0.3, -0.25) is 9.59 Å². The molecular weight excluding hydrogens is 330 g/mol. The second-order valence-corrected chi connectivity index (χ2v) is 7.51. The Morgan fingerprint density at radius 3 is 2.58 bits per heavy atom. The summed E-state index contributed by atoms with van der Waals surface area (Å²) < 4.78 is 0. The fraction of sp³-hybridized carbons (Fsp3) is 0.600. The minimum atomic E-state index is -0.815. The van der Waals surface area contributed by atoms with Crippen molar-refractivity contribution in [1.82, 2.24) is 14.7 Å². The SMILES string of the molecule is CN1CCCN(CCC(=O)N2C[C@@H](C(=O)O)[C@H](c3ccccc3)C2)CC1. The fourth-order valence-corrected chi connectivity index (χ4v) is 4.03. The van der Waals surface area contributed by atoms with Gasteiger partial charge in [-0.05, 0) is 32.1 Å². The van der Waals surface area contributed by atoms with Gasteiger partial charge in [-0.2, -0.15) is 0 Å². The Morgan fingerprint density at radius 2 is 1.85 bits per heavy atom. The third-order valence-electron chi connectivity index (χ3n) is 5.67. The maximum Gasteiger partial charge on any atom is 0.308 e. The number of carbonyl (C=O) groups excluding carboxylic acids is 1. The van der Waals surface area contributed by atoms with Crippen LogP contribution in [0.15, 0.2) is 30.3 Å². The number of hydrogen-bond acceptors (Lipinski definition) is 4. The Bertz CT molecular complexity index is 622. The van der Waals surface area contributed by atoms with E-state index >= 15 is 0 Å². The van der Waals surface area contributed by atoms with Crippen molar-refractivity contribution in [2.24, 2.45) is 5.92 Å². The molecule has 1 amide bonds. The summed E-state index contributed by atoms with van der Waals surface area (Å²) in [5.74, 6) is -1.38. The second-order valence-electron chi connectivity index (χ2n) is 7.51. The highest BCUT2D eigenvalue weighted by atomic mass is 16.4. The van der Waals surface area contributed by atoms with Crippen molar-refractivity contribution in [3.05, 3.63) is 35.9 Å². The lowest BCUT2D eigenvalue weighted by Crippen LogP contribution is -2.35. The van der Waals surface area contributed by atoms with E-state index in [1.165, 1.54) is 0 Å². The molecule has 0 aliphatic carbocycles. The number of carboxylic acids is 1. The molecule has 142 valence electrons. The molecule has 2 saturated heterocycles. The molecule has 1 N–H and O–H groups in total. The van der Waals surface area contributed by atoms with E-state index in [4.69, 9.17) is 0 Å². The summed E-state index contributed by atoms with van der Waals surface area (Å²) in [6.45, 7) is 5.75. The van der Waals surface area contributed by atoms with Crippen LogP contribution in [0.25, 0.3) is 0 Å². The van der Waals surface area contributed by atoms with Crippen LogP contribution in [0.3, 0.4) is 0 Å². The summed E-state index contributed by atoms with van der Waals surface area (Å²) in [6.07, 6.45) is 1.60. The van der Waals surface area contributed by atoms with Crippen LogP contribution in [0, 0.1) is 5.92 Å². The molecule has 2 atom stereocenters. The maximum atomic E-state index is 12.7. The molecule has 1 aromatic carbocycles. The highest BCUT2D eigenvalue weighted by Gasteiger charge is 2.40. The lowest BCUT2D eigenvalue weighted by molar-refractivity contribution is -0.141. The summed E-state index contributed by atoms with van der Waals surface area (Å²) in [5.41, 5.74) is 1.01. The van der Waals surface area contributed by atoms with Gasteiger partial charge >= 0.3 is 5.97 Å². The second kappa shape index (κ2) is 8.64. The van der Waals surface area contributed by atoms with Crippen LogP contribution in [0.1, 0.15) is 24.3 Å². The van der Waals surface area contributed by atoms with Gasteiger partial charge in [0.1, 0.15) is 0 Å². The van der Waals surface area contributed by atoms with Crippen LogP contribution >= 0.6 is 0 Å². The minimum Gasteiger partial charge on any atom is -0.481 e. The number of amides is 1. The van der Waals surface area contributed by atoms with E-state index in [0.29, 0.717) is 19.5 Å². The highest BCUT2D eigenvalue weighted by Crippen LogP contribution is 2.33. The standard InChI is InChI=1S/C20H29N3O3/c1-21-9-5-10-22(13-12-21)11-8-19(24)23-14-17(18(15-23)20(25)26)16-6-3-2-4-7-16/h2-4,6-7,17-18H,5,8-15H2,1H3,(H,25,26)/t17-,18+/m0/s1. The zero-order valence-electron chi connectivity index (χ0n) is 15.5. The number of hydrogen-bond donors (Lipinski definition) is 1. The van der Waals surface area contributed by atoms with E-state index in [-0.39, 0.29) is 11.8 Å². The number of rotatable bonds is 5. The molecular formula is C20H29N3O3. The molecule has 3 rings (SSSR count). The molecule has 0 bridgehead atoms. The number of nitrogens with zero attached hydrogens (tertiary/aromatic N) is 3. The molecule has 1 aromatic rings. The molecule has 0 aromatic heterocycles. The molecule has 2 fully saturated rings. The van der Waals surface area contributed by atoms with Crippen LogP contribution < -0.4 is 0 Å². The average molecular weight is 359 g/mol. The third kappa shape index (κ3) is 4.62. The Balaban J connectivity index is 1.57. The zero-order chi connectivity index (χ0) is 18.5. The molecule has 0 unspecified atom stereocenters. The Morgan fingerprint density at radius 1 is 1.08 bits per heavy atom. The first-order valence-electron chi connectivity index (χ1n) is 9.51. The third-order valence-corrected chi connectivity index (χ3v) is 5.67. The average Bonchev–Trinajstić information content (AvgIpc) is 2.99. The van der Waals surface area contributed by atoms with Crippen LogP contribution in [-0.4, -0.2) is 84.5 Å². The van der Waals surface area contributed by atoms with Crippen molar-refractivity contribution >= 4 is 11.9 Å². The summed E-state index contributed by atoms with van der Waals surface area (Å²) in [7, 11) is 2.13. The van der Waals surface area contributed by atoms with E-state index in [0.717, 1.165) is 44.7 Å². The maximum absolute atomic E-state index is 12.7. The van der Waals surface area contributed by atoms with Crippen LogP contribution in [0.2, 0.25) is 0 Å². The quantitative estimate of drug-likeness (QED) is 0.860. The Kier molecular flexibility index (Phi) is 6.27. The van der Waals surface area contributed by atoms with Gasteiger partial charge in [0.05, 0.1) is 5.92 Å². The molecule has 2 aliphatic rings. The topological polar surface area (TPSA) is 64.1 Å². The minimum absolute atomic E-state index is 0.0762. The van der Waals surface area contributed by atoms with Crippen molar-refractivity contribution in [2.75, 3.05) is 52.9 Å². The van der Waals surface area contributed by atoms with E-state index in [1.54, 1.807) is 4.90 Å². The van der Waals surface area contributed by atoms with Gasteiger partial charge in [-0.15, -0.1) is 0 Å². The number of benzene rings is 1. The zero-order valence-corrected chi connectivity index (χ0v) is 15.5. The molecule has 0 spiro atoms. The molecule has 6 nitrogen and oxygen atoms in total. The van der Waals surface area contributed by atoms with Gasteiger partial charge in [-0.1, -0.05) is 30.3 Å². The molecule has 6 heteroatoms. The molecule has 26 heavy (non-hydrogen) atoms. The number of carbonyl (C=O) groups is 2. The van der Waals surface area contributed by atoms with E-state index < -0.39 is 11.9 Å². The summed E-state index contributed by atoms with van der Waals surface area (Å²) in [5, 5.41) is 9.58. The lowest BCUT2D eigenvalue weighted by atomic mass is 9.89. The number of carboxylic acid groups (broad SMARTS) is 1. The summed E-state index contributed by atoms with van der Waals surface area (Å²) in [6, 6.07) is 9.70. The van der Waals surface area contributed by atoms with Gasteiger partial charge in [-0.25, -0.2) is 0 Å². The van der Waals surface area contributed by atoms with E-state index in [9.17, 15) is 14.7 Å². The first-order chi connectivity index (χ1) is 12.5. The fourth-order valence-electron chi connectivity index (χ4n) is 4.03. The predicted octanol–water partition coefficient (Wildman–Crippen LogP) is 1.34. The summed E-state index contributed by atoms with van der Waals surface area (Å²) >= 11 is 0. The molecule has 0 radical (unpaired) electrons. The molecule has 2 aliphatic heterocycles. The largest absolute Gasteiger partial charge is 0.481 e.